The number of carbonyl (C=O) groups is 1. The Morgan fingerprint density at radius 3 is 2.92 bits per heavy atom. The lowest BCUT2D eigenvalue weighted by molar-refractivity contribution is -0.103. The Hall–Kier alpha value is -1.27. The molecule has 1 aromatic carbocycles. The Bertz CT molecular complexity index is 374. The summed E-state index contributed by atoms with van der Waals surface area (Å²) in [5, 5.41) is 0. The van der Waals surface area contributed by atoms with Gasteiger partial charge in [-0.2, -0.15) is 0 Å². The second kappa shape index (κ2) is 4.68. The summed E-state index contributed by atoms with van der Waals surface area (Å²) in [7, 11) is 1.58. The minimum Gasteiger partial charge on any atom is -0.496 e. The highest BCUT2D eigenvalue weighted by Crippen LogP contribution is 2.24. The number of rotatable bonds is 1. The van der Waals surface area contributed by atoms with Gasteiger partial charge in [-0.25, -0.2) is 0 Å². The molecule has 0 aliphatic rings. The molecule has 3 heteroatoms. The summed E-state index contributed by atoms with van der Waals surface area (Å²) in [6, 6.07) is 5.40. The highest BCUT2D eigenvalue weighted by atomic mass is 79.9. The monoisotopic (exact) mass is 238 g/mol. The molecule has 0 N–H and O–H groups in total. The Labute approximate surface area is 85.0 Å². The number of hydrogen-bond donors (Lipinski definition) is 0. The molecule has 0 saturated carbocycles. The number of benzene rings is 1. The molecule has 0 atom stereocenters. The minimum atomic E-state index is 0.564. The maximum atomic E-state index is 9.99. The lowest BCUT2D eigenvalue weighted by Crippen LogP contribution is -1.85. The fourth-order valence-electron chi connectivity index (χ4n) is 0.850. The number of halogens is 1. The molecule has 0 bridgehead atoms. The van der Waals surface area contributed by atoms with Crippen LogP contribution in [0.25, 0.3) is 0 Å². The van der Waals surface area contributed by atoms with Crippen molar-refractivity contribution in [3.63, 3.8) is 0 Å². The van der Waals surface area contributed by atoms with Crippen LogP contribution < -0.4 is 4.74 Å². The summed E-state index contributed by atoms with van der Waals surface area (Å²) in [4.78, 5) is 9.99. The molecule has 0 spiro atoms. The van der Waals surface area contributed by atoms with Gasteiger partial charge in [0.25, 0.3) is 0 Å². The van der Waals surface area contributed by atoms with Crippen LogP contribution in [0.5, 0.6) is 5.75 Å². The van der Waals surface area contributed by atoms with E-state index < -0.39 is 0 Å². The molecule has 1 rings (SSSR count). The first-order valence-electron chi connectivity index (χ1n) is 3.56. The zero-order valence-electron chi connectivity index (χ0n) is 7.00. The van der Waals surface area contributed by atoms with Crippen LogP contribution in [-0.4, -0.2) is 13.4 Å². The van der Waals surface area contributed by atoms with E-state index >= 15 is 0 Å². The molecule has 0 heterocycles. The third-order valence-corrected chi connectivity index (χ3v) is 2.08. The van der Waals surface area contributed by atoms with Crippen molar-refractivity contribution in [1.29, 1.82) is 0 Å². The van der Waals surface area contributed by atoms with Gasteiger partial charge in [0.2, 0.25) is 0 Å². The third-order valence-electron chi connectivity index (χ3n) is 1.43. The summed E-state index contributed by atoms with van der Waals surface area (Å²) in [5.74, 6) is 5.72. The van der Waals surface area contributed by atoms with Gasteiger partial charge in [0.05, 0.1) is 11.6 Å². The molecule has 66 valence electrons. The molecule has 0 radical (unpaired) electrons. The number of aldehydes is 1. The van der Waals surface area contributed by atoms with Gasteiger partial charge in [0.15, 0.2) is 6.29 Å². The third kappa shape index (κ3) is 2.60. The minimum absolute atomic E-state index is 0.564. The largest absolute Gasteiger partial charge is 0.496 e. The van der Waals surface area contributed by atoms with Crippen LogP contribution >= 0.6 is 15.9 Å². The average molecular weight is 239 g/mol. The van der Waals surface area contributed by atoms with E-state index in [9.17, 15) is 4.79 Å². The number of hydrogen-bond acceptors (Lipinski definition) is 2. The molecule has 0 amide bonds. The zero-order valence-corrected chi connectivity index (χ0v) is 8.59. The Morgan fingerprint density at radius 1 is 1.54 bits per heavy atom. The first kappa shape index (κ1) is 9.82. The quantitative estimate of drug-likeness (QED) is 0.553. The second-order valence-electron chi connectivity index (χ2n) is 2.24. The normalized spacial score (nSPS) is 8.46. The van der Waals surface area contributed by atoms with Crippen LogP contribution in [0.15, 0.2) is 22.7 Å². The second-order valence-corrected chi connectivity index (χ2v) is 3.09. The molecule has 0 aliphatic carbocycles. The van der Waals surface area contributed by atoms with E-state index in [0.717, 1.165) is 10.0 Å². The Morgan fingerprint density at radius 2 is 2.31 bits per heavy atom. The summed E-state index contributed by atoms with van der Waals surface area (Å²) in [5.41, 5.74) is 0.757. The number of carbonyl (C=O) groups excluding carboxylic acids is 1. The van der Waals surface area contributed by atoms with Crippen LogP contribution in [0.2, 0.25) is 0 Å². The maximum Gasteiger partial charge on any atom is 0.193 e. The summed E-state index contributed by atoms with van der Waals surface area (Å²) >= 11 is 3.32. The Kier molecular flexibility index (Phi) is 3.53. The average Bonchev–Trinajstić information content (AvgIpc) is 2.16. The molecule has 0 aromatic heterocycles. The van der Waals surface area contributed by atoms with Crippen molar-refractivity contribution in [2.24, 2.45) is 0 Å². The van der Waals surface area contributed by atoms with Gasteiger partial charge in [-0.1, -0.05) is 5.92 Å². The molecule has 0 unspecified atom stereocenters. The van der Waals surface area contributed by atoms with E-state index in [2.05, 4.69) is 27.8 Å². The fraction of sp³-hybridized carbons (Fsp3) is 0.100. The fourth-order valence-corrected chi connectivity index (χ4v) is 1.26. The van der Waals surface area contributed by atoms with Crippen LogP contribution in [0, 0.1) is 11.8 Å². The van der Waals surface area contributed by atoms with Gasteiger partial charge in [0.1, 0.15) is 5.75 Å². The number of methoxy groups -OCH3 is 1. The zero-order chi connectivity index (χ0) is 9.68. The van der Waals surface area contributed by atoms with Gasteiger partial charge in [-0.3, -0.25) is 4.79 Å². The first-order chi connectivity index (χ1) is 6.27. The predicted octanol–water partition coefficient (Wildman–Crippen LogP) is 2.01. The van der Waals surface area contributed by atoms with Crippen LogP contribution in [0.3, 0.4) is 0 Å². The van der Waals surface area contributed by atoms with E-state index in [-0.39, 0.29) is 0 Å². The van der Waals surface area contributed by atoms with Crippen molar-refractivity contribution in [2.45, 2.75) is 0 Å². The first-order valence-corrected chi connectivity index (χ1v) is 4.36. The van der Waals surface area contributed by atoms with E-state index in [1.165, 1.54) is 0 Å². The summed E-state index contributed by atoms with van der Waals surface area (Å²) in [6.07, 6.45) is 0.564. The van der Waals surface area contributed by atoms with Gasteiger partial charge >= 0.3 is 0 Å². The van der Waals surface area contributed by atoms with Crippen molar-refractivity contribution in [2.75, 3.05) is 7.11 Å². The van der Waals surface area contributed by atoms with Crippen molar-refractivity contribution in [1.82, 2.24) is 0 Å². The highest BCUT2D eigenvalue weighted by molar-refractivity contribution is 9.10. The maximum absolute atomic E-state index is 9.99. The van der Waals surface area contributed by atoms with Gasteiger partial charge in [-0.05, 0) is 40.0 Å². The van der Waals surface area contributed by atoms with Crippen LogP contribution in [0.4, 0.5) is 0 Å². The van der Waals surface area contributed by atoms with Crippen molar-refractivity contribution in [3.8, 4) is 17.6 Å². The van der Waals surface area contributed by atoms with Crippen LogP contribution in [0.1, 0.15) is 5.56 Å². The molecular formula is C10H7BrO2. The van der Waals surface area contributed by atoms with Gasteiger partial charge < -0.3 is 4.74 Å². The molecular weight excluding hydrogens is 232 g/mol. The SMILES string of the molecule is COc1cc(C#CC=O)ccc1Br. The molecule has 0 fully saturated rings. The molecule has 1 aromatic rings. The van der Waals surface area contributed by atoms with Crippen molar-refractivity contribution in [3.05, 3.63) is 28.2 Å². The summed E-state index contributed by atoms with van der Waals surface area (Å²) < 4.78 is 5.93. The van der Waals surface area contributed by atoms with Gasteiger partial charge in [0, 0.05) is 5.56 Å². The molecule has 0 saturated heterocycles. The van der Waals surface area contributed by atoms with Gasteiger partial charge in [-0.15, -0.1) is 0 Å². The van der Waals surface area contributed by atoms with Crippen molar-refractivity contribution >= 4 is 22.2 Å². The van der Waals surface area contributed by atoms with Crippen LogP contribution in [-0.2, 0) is 4.79 Å². The smallest absolute Gasteiger partial charge is 0.193 e. The molecule has 0 aliphatic heterocycles. The van der Waals surface area contributed by atoms with E-state index in [1.807, 2.05) is 12.1 Å². The number of ether oxygens (including phenoxy) is 1. The summed E-state index contributed by atoms with van der Waals surface area (Å²) in [6.45, 7) is 0. The molecule has 13 heavy (non-hydrogen) atoms. The standard InChI is InChI=1S/C10H7BrO2/c1-13-10-7-8(3-2-6-12)4-5-9(10)11/h4-7H,1H3. The lowest BCUT2D eigenvalue weighted by atomic mass is 10.2. The Balaban J connectivity index is 3.06. The lowest BCUT2D eigenvalue weighted by Gasteiger charge is -2.02. The van der Waals surface area contributed by atoms with Crippen molar-refractivity contribution < 1.29 is 9.53 Å². The predicted molar refractivity (Wildman–Crippen MR) is 53.6 cm³/mol. The van der Waals surface area contributed by atoms with E-state index in [4.69, 9.17) is 4.74 Å². The molecule has 2 nitrogen and oxygen atoms in total. The van der Waals surface area contributed by atoms with E-state index in [0.29, 0.717) is 12.0 Å². The topological polar surface area (TPSA) is 26.3 Å². The highest BCUT2D eigenvalue weighted by Gasteiger charge is 1.98. The van der Waals surface area contributed by atoms with E-state index in [1.54, 1.807) is 13.2 Å².